The smallest absolute Gasteiger partial charge is 0.107 e. The molecule has 0 bridgehead atoms. The predicted octanol–water partition coefficient (Wildman–Crippen LogP) is 2.33. The second-order valence-corrected chi connectivity index (χ2v) is 5.17. The van der Waals surface area contributed by atoms with E-state index < -0.39 is 12.2 Å². The molecule has 1 heterocycles. The molecule has 1 aliphatic heterocycles. The zero-order valence-electron chi connectivity index (χ0n) is 10.9. The van der Waals surface area contributed by atoms with Crippen LogP contribution < -0.4 is 0 Å². The molecule has 0 spiro atoms. The fraction of sp³-hybridized carbons (Fsp3) is 0.375. The Morgan fingerprint density at radius 2 is 1.89 bits per heavy atom. The highest BCUT2D eigenvalue weighted by molar-refractivity contribution is 5.88. The Morgan fingerprint density at radius 3 is 2.58 bits per heavy atom. The quantitative estimate of drug-likeness (QED) is 0.869. The second kappa shape index (κ2) is 4.93. The predicted molar refractivity (Wildman–Crippen MR) is 74.0 cm³/mol. The molecule has 0 saturated carbocycles. The van der Waals surface area contributed by atoms with Crippen molar-refractivity contribution in [1.82, 2.24) is 0 Å². The number of ether oxygens (including phenoxy) is 1. The third kappa shape index (κ3) is 2.14. The number of aliphatic hydroxyl groups excluding tert-OH is 2. The van der Waals surface area contributed by atoms with E-state index in [0.717, 1.165) is 5.56 Å². The minimum absolute atomic E-state index is 0.137. The average Bonchev–Trinajstić information content (AvgIpc) is 2.80. The first-order valence-electron chi connectivity index (χ1n) is 6.63. The van der Waals surface area contributed by atoms with Crippen LogP contribution in [0.2, 0.25) is 0 Å². The van der Waals surface area contributed by atoms with Crippen molar-refractivity contribution in [3.05, 3.63) is 47.5 Å². The average molecular weight is 258 g/mol. The Bertz CT molecular complexity index is 594. The number of hydrogen-bond donors (Lipinski definition) is 2. The van der Waals surface area contributed by atoms with Crippen LogP contribution >= 0.6 is 0 Å². The van der Waals surface area contributed by atoms with Crippen molar-refractivity contribution in [2.75, 3.05) is 6.61 Å². The number of hydrogen-bond acceptors (Lipinski definition) is 3. The summed E-state index contributed by atoms with van der Waals surface area (Å²) in [6.07, 6.45) is -0.657. The van der Waals surface area contributed by atoms with E-state index in [9.17, 15) is 10.2 Å². The van der Waals surface area contributed by atoms with E-state index in [1.807, 2.05) is 12.1 Å². The molecule has 2 N–H and O–H groups in total. The van der Waals surface area contributed by atoms with Gasteiger partial charge in [-0.3, -0.25) is 0 Å². The van der Waals surface area contributed by atoms with Crippen molar-refractivity contribution in [2.24, 2.45) is 0 Å². The Labute approximate surface area is 112 Å². The molecule has 2 aromatic carbocycles. The van der Waals surface area contributed by atoms with Gasteiger partial charge in [0.05, 0.1) is 18.8 Å². The monoisotopic (exact) mass is 258 g/mol. The van der Waals surface area contributed by atoms with Crippen molar-refractivity contribution in [2.45, 2.75) is 31.7 Å². The largest absolute Gasteiger partial charge is 0.394 e. The first-order valence-corrected chi connectivity index (χ1v) is 6.63. The van der Waals surface area contributed by atoms with Crippen LogP contribution in [0.5, 0.6) is 0 Å². The van der Waals surface area contributed by atoms with Gasteiger partial charge in [-0.25, -0.2) is 0 Å². The Hall–Kier alpha value is -1.42. The molecular weight excluding hydrogens is 240 g/mol. The van der Waals surface area contributed by atoms with Gasteiger partial charge in [-0.05, 0) is 28.8 Å². The molecule has 1 fully saturated rings. The molecule has 1 saturated heterocycles. The normalized spacial score (nSPS) is 27.0. The van der Waals surface area contributed by atoms with Gasteiger partial charge >= 0.3 is 0 Å². The summed E-state index contributed by atoms with van der Waals surface area (Å²) in [5.74, 6) is 0. The van der Waals surface area contributed by atoms with Gasteiger partial charge in [0.1, 0.15) is 6.10 Å². The standard InChI is InChI=1S/C16H18O3/c1-10-6-7-13(12-5-3-2-4-11(10)12)15-8-14(18)16(9-17)19-15/h2-7,14-18H,8-9H2,1H3/t14-,15+,16+/m0/s1. The Balaban J connectivity index is 2.05. The summed E-state index contributed by atoms with van der Waals surface area (Å²) in [5.41, 5.74) is 2.33. The molecule has 0 unspecified atom stereocenters. The summed E-state index contributed by atoms with van der Waals surface area (Å²) in [7, 11) is 0. The van der Waals surface area contributed by atoms with Crippen molar-refractivity contribution < 1.29 is 14.9 Å². The van der Waals surface area contributed by atoms with E-state index in [4.69, 9.17) is 4.74 Å². The first kappa shape index (κ1) is 12.6. The van der Waals surface area contributed by atoms with Crippen molar-refractivity contribution >= 4 is 10.8 Å². The van der Waals surface area contributed by atoms with Crippen molar-refractivity contribution in [3.8, 4) is 0 Å². The molecule has 3 rings (SSSR count). The minimum Gasteiger partial charge on any atom is -0.394 e. The summed E-state index contributed by atoms with van der Waals surface area (Å²) < 4.78 is 5.76. The highest BCUT2D eigenvalue weighted by atomic mass is 16.5. The number of fused-ring (bicyclic) bond motifs is 1. The van der Waals surface area contributed by atoms with E-state index in [-0.39, 0.29) is 12.7 Å². The van der Waals surface area contributed by atoms with E-state index in [2.05, 4.69) is 31.2 Å². The third-order valence-electron chi connectivity index (χ3n) is 3.93. The first-order chi connectivity index (χ1) is 9.20. The van der Waals surface area contributed by atoms with Crippen LogP contribution in [0.1, 0.15) is 23.7 Å². The molecule has 3 nitrogen and oxygen atoms in total. The van der Waals surface area contributed by atoms with Crippen LogP contribution in [-0.2, 0) is 4.74 Å². The molecular formula is C16H18O3. The number of aryl methyl sites for hydroxylation is 1. The van der Waals surface area contributed by atoms with Crippen molar-refractivity contribution in [1.29, 1.82) is 0 Å². The van der Waals surface area contributed by atoms with Crippen LogP contribution in [0.15, 0.2) is 36.4 Å². The Morgan fingerprint density at radius 1 is 1.16 bits per heavy atom. The topological polar surface area (TPSA) is 49.7 Å². The van der Waals surface area contributed by atoms with Gasteiger partial charge in [0.2, 0.25) is 0 Å². The summed E-state index contributed by atoms with van der Waals surface area (Å²) in [6.45, 7) is 1.95. The van der Waals surface area contributed by atoms with Crippen LogP contribution in [0.3, 0.4) is 0 Å². The third-order valence-corrected chi connectivity index (χ3v) is 3.93. The van der Waals surface area contributed by atoms with Gasteiger partial charge in [0, 0.05) is 6.42 Å². The van der Waals surface area contributed by atoms with Crippen LogP contribution in [0.4, 0.5) is 0 Å². The van der Waals surface area contributed by atoms with Gasteiger partial charge in [-0.1, -0.05) is 36.4 Å². The molecule has 0 aromatic heterocycles. The summed E-state index contributed by atoms with van der Waals surface area (Å²) in [6, 6.07) is 12.4. The van der Waals surface area contributed by atoms with E-state index in [0.29, 0.717) is 6.42 Å². The maximum absolute atomic E-state index is 9.86. The van der Waals surface area contributed by atoms with E-state index in [1.165, 1.54) is 16.3 Å². The lowest BCUT2D eigenvalue weighted by atomic mass is 9.95. The lowest BCUT2D eigenvalue weighted by Gasteiger charge is -2.15. The number of rotatable bonds is 2. The van der Waals surface area contributed by atoms with E-state index >= 15 is 0 Å². The highest BCUT2D eigenvalue weighted by Gasteiger charge is 2.34. The maximum atomic E-state index is 9.86. The minimum atomic E-state index is -0.588. The summed E-state index contributed by atoms with van der Waals surface area (Å²) in [4.78, 5) is 0. The molecule has 3 atom stereocenters. The molecule has 0 aliphatic carbocycles. The summed E-state index contributed by atoms with van der Waals surface area (Å²) >= 11 is 0. The molecule has 3 heteroatoms. The number of benzene rings is 2. The Kier molecular flexibility index (Phi) is 3.27. The van der Waals surface area contributed by atoms with Gasteiger partial charge in [-0.15, -0.1) is 0 Å². The van der Waals surface area contributed by atoms with Crippen LogP contribution in [-0.4, -0.2) is 29.0 Å². The highest BCUT2D eigenvalue weighted by Crippen LogP contribution is 2.37. The number of aliphatic hydroxyl groups is 2. The molecule has 100 valence electrons. The van der Waals surface area contributed by atoms with Gasteiger partial charge in [-0.2, -0.15) is 0 Å². The SMILES string of the molecule is Cc1ccc([C@H]2C[C@H](O)[C@@H](CO)O2)c2ccccc12. The maximum Gasteiger partial charge on any atom is 0.107 e. The fourth-order valence-corrected chi connectivity index (χ4v) is 2.85. The molecule has 2 aromatic rings. The van der Waals surface area contributed by atoms with Gasteiger partial charge < -0.3 is 14.9 Å². The fourth-order valence-electron chi connectivity index (χ4n) is 2.85. The molecule has 0 amide bonds. The lowest BCUT2D eigenvalue weighted by Crippen LogP contribution is -2.24. The van der Waals surface area contributed by atoms with Gasteiger partial charge in [0.15, 0.2) is 0 Å². The second-order valence-electron chi connectivity index (χ2n) is 5.17. The molecule has 19 heavy (non-hydrogen) atoms. The summed E-state index contributed by atoms with van der Waals surface area (Å²) in [5, 5.41) is 21.4. The van der Waals surface area contributed by atoms with Crippen LogP contribution in [0.25, 0.3) is 10.8 Å². The van der Waals surface area contributed by atoms with Crippen LogP contribution in [0, 0.1) is 6.92 Å². The zero-order chi connectivity index (χ0) is 13.4. The van der Waals surface area contributed by atoms with E-state index in [1.54, 1.807) is 0 Å². The lowest BCUT2D eigenvalue weighted by molar-refractivity contribution is -0.0222. The zero-order valence-corrected chi connectivity index (χ0v) is 10.9. The van der Waals surface area contributed by atoms with Crippen molar-refractivity contribution in [3.63, 3.8) is 0 Å². The van der Waals surface area contributed by atoms with Gasteiger partial charge in [0.25, 0.3) is 0 Å². The molecule has 1 aliphatic rings. The molecule has 0 radical (unpaired) electrons.